The zero-order valence-corrected chi connectivity index (χ0v) is 39.4. The number of nitrogens with two attached hydrogens (primary N) is 1. The fraction of sp³-hybridized carbons (Fsp3) is 0.326. The van der Waals surface area contributed by atoms with E-state index in [0.717, 1.165) is 29.1 Å². The van der Waals surface area contributed by atoms with Gasteiger partial charge in [0.15, 0.2) is 17.3 Å². The number of nitrogens with one attached hydrogen (secondary N) is 4. The number of rotatable bonds is 13. The third kappa shape index (κ3) is 12.6. The molecular weight excluding hydrogens is 901 g/mol. The third-order valence-electron chi connectivity index (χ3n) is 9.38. The Labute approximate surface area is 382 Å². The maximum Gasteiger partial charge on any atom is 0.354 e. The van der Waals surface area contributed by atoms with E-state index >= 15 is 0 Å². The summed E-state index contributed by atoms with van der Waals surface area (Å²) < 4.78 is 67.9. The van der Waals surface area contributed by atoms with Crippen LogP contribution in [0.2, 0.25) is 0 Å². The zero-order valence-electron chi connectivity index (χ0n) is 37.7. The van der Waals surface area contributed by atoms with E-state index in [1.54, 1.807) is 37.0 Å². The minimum Gasteiger partial charge on any atom is -0.505 e. The Bertz CT molecular complexity index is 2790. The highest BCUT2D eigenvalue weighted by molar-refractivity contribution is 7.95. The molecule has 2 aliphatic heterocycles. The molecule has 8 N–H and O–H groups in total. The number of hydrogen-bond acceptors (Lipinski definition) is 17. The molecule has 0 bridgehead atoms. The van der Waals surface area contributed by atoms with Crippen LogP contribution in [0.25, 0.3) is 0 Å². The first-order valence-corrected chi connectivity index (χ1v) is 23.3. The first kappa shape index (κ1) is 51.5. The van der Waals surface area contributed by atoms with Crippen LogP contribution in [0.3, 0.4) is 0 Å². The smallest absolute Gasteiger partial charge is 0.354 e. The standard InChI is InChI=1S/C20H24N4O5S.C15H17N3O7S.C8H13NO/c1-5-14(17-10-9-12(2)29-17)22-19-16(11-30(27,28)23-19)21-15-8-6-7-13(18(15)25)20(26)24(3)4;1-4-25-15(22)12-10(13(20)17-26(12,23)24)16-9-7-5-6-8(11(9)19)14(21)18(2)3;1-3-7(9)8-5-4-6(2)10-8/h6-11,14,21,25H,5H2,1-4H3,(H,22,23);5-7,16,19H,4H2,1-3H3,(H,17,20);4-5,7H,3,9H2,1-2H3/t14-;;7-/m1.1/s1. The Kier molecular flexibility index (Phi) is 17.0. The molecule has 0 aliphatic carbocycles. The second-order valence-electron chi connectivity index (χ2n) is 14.9. The molecule has 2 aromatic heterocycles. The minimum atomic E-state index is -4.39. The van der Waals surface area contributed by atoms with Crippen molar-refractivity contribution in [3.8, 4) is 11.5 Å². The van der Waals surface area contributed by atoms with Gasteiger partial charge < -0.3 is 50.0 Å². The number of aliphatic imine (C=N–C) groups is 1. The van der Waals surface area contributed by atoms with Crippen LogP contribution >= 0.6 is 0 Å². The van der Waals surface area contributed by atoms with Crippen molar-refractivity contribution in [2.45, 2.75) is 59.5 Å². The Morgan fingerprint density at radius 3 is 1.74 bits per heavy atom. The second kappa shape index (κ2) is 21.7. The van der Waals surface area contributed by atoms with Crippen LogP contribution in [-0.4, -0.2) is 101 Å². The molecule has 0 saturated carbocycles. The van der Waals surface area contributed by atoms with Crippen molar-refractivity contribution in [1.82, 2.24) is 19.2 Å². The van der Waals surface area contributed by atoms with Crippen LogP contribution in [0.15, 0.2) is 96.2 Å². The lowest BCUT2D eigenvalue weighted by Crippen LogP contribution is -2.26. The summed E-state index contributed by atoms with van der Waals surface area (Å²) in [5, 5.41) is 27.1. The van der Waals surface area contributed by atoms with Crippen LogP contribution in [0.5, 0.6) is 11.5 Å². The van der Waals surface area contributed by atoms with E-state index in [1.165, 1.54) is 55.1 Å². The molecule has 0 unspecified atom stereocenters. The van der Waals surface area contributed by atoms with Crippen molar-refractivity contribution in [1.29, 1.82) is 0 Å². The number of carbonyl (C=O) groups is 4. The number of furan rings is 2. The van der Waals surface area contributed by atoms with Crippen molar-refractivity contribution in [2.75, 3.05) is 45.4 Å². The van der Waals surface area contributed by atoms with Crippen LogP contribution in [0.1, 0.15) is 89.5 Å². The van der Waals surface area contributed by atoms with E-state index in [9.17, 15) is 46.2 Å². The second-order valence-corrected chi connectivity index (χ2v) is 18.1. The number of amidine groups is 1. The molecule has 4 heterocycles. The molecule has 66 heavy (non-hydrogen) atoms. The van der Waals surface area contributed by atoms with Gasteiger partial charge in [0, 0.05) is 28.2 Å². The minimum absolute atomic E-state index is 0.0636. The molecule has 0 saturated heterocycles. The van der Waals surface area contributed by atoms with Crippen LogP contribution in [-0.2, 0) is 34.4 Å². The summed E-state index contributed by atoms with van der Waals surface area (Å²) in [6, 6.07) is 15.9. The SMILES string of the molecule is CCOC(=O)C1=C(Nc2cccc(C(=O)N(C)C)c2O)C(=O)NS1(=O)=O.CC[C@@H](N)c1ccc(C)o1.CC[C@@H](N=C1NS(=O)(=O)C=C1Nc1cccc(C(=O)N(C)C)c1O)c1ccc(C)o1. The van der Waals surface area contributed by atoms with Crippen molar-refractivity contribution < 1.29 is 59.8 Å². The number of benzene rings is 2. The predicted octanol–water partition coefficient (Wildman–Crippen LogP) is 4.47. The molecular formula is C43H54N8O13S2. The van der Waals surface area contributed by atoms with Crippen LogP contribution in [0.4, 0.5) is 11.4 Å². The fourth-order valence-electron chi connectivity index (χ4n) is 5.99. The van der Waals surface area contributed by atoms with E-state index in [0.29, 0.717) is 12.2 Å². The molecule has 0 fully saturated rings. The first-order valence-electron chi connectivity index (χ1n) is 20.3. The number of phenolic OH excluding ortho intramolecular Hbond substituents is 2. The van der Waals surface area contributed by atoms with Crippen LogP contribution < -0.4 is 25.8 Å². The number of nitrogens with zero attached hydrogens (tertiary/aromatic N) is 3. The van der Waals surface area contributed by atoms with E-state index < -0.39 is 60.2 Å². The number of ether oxygens (including phenoxy) is 1. The monoisotopic (exact) mass is 954 g/mol. The average Bonchev–Trinajstić information content (AvgIpc) is 4.01. The number of aryl methyl sites for hydroxylation is 2. The quantitative estimate of drug-likeness (QED) is 0.0718. The summed E-state index contributed by atoms with van der Waals surface area (Å²) in [6.45, 7) is 9.07. The topological polar surface area (TPSA) is 306 Å². The van der Waals surface area contributed by atoms with Crippen molar-refractivity contribution in [2.24, 2.45) is 10.7 Å². The Hall–Kier alpha value is -7.11. The molecule has 2 aliphatic rings. The summed E-state index contributed by atoms with van der Waals surface area (Å²) >= 11 is 0. The highest BCUT2D eigenvalue weighted by atomic mass is 32.2. The van der Waals surface area contributed by atoms with Crippen molar-refractivity contribution >= 4 is 60.9 Å². The summed E-state index contributed by atoms with van der Waals surface area (Å²) in [5.74, 6) is -0.701. The maximum atomic E-state index is 12.2. The number of hydrogen-bond donors (Lipinski definition) is 7. The highest BCUT2D eigenvalue weighted by Gasteiger charge is 2.42. The number of para-hydroxylation sites is 2. The first-order chi connectivity index (χ1) is 30.9. The van der Waals surface area contributed by atoms with Gasteiger partial charge in [0.25, 0.3) is 37.8 Å². The van der Waals surface area contributed by atoms with Gasteiger partial charge in [-0.2, -0.15) is 0 Å². The Morgan fingerprint density at radius 1 is 0.773 bits per heavy atom. The lowest BCUT2D eigenvalue weighted by molar-refractivity contribution is -0.137. The number of carbonyl (C=O) groups excluding carboxylic acids is 4. The molecule has 21 nitrogen and oxygen atoms in total. The lowest BCUT2D eigenvalue weighted by atomic mass is 10.1. The van der Waals surface area contributed by atoms with Crippen LogP contribution in [0, 0.1) is 13.8 Å². The van der Waals surface area contributed by atoms with E-state index in [-0.39, 0.29) is 58.3 Å². The number of amides is 3. The summed E-state index contributed by atoms with van der Waals surface area (Å²) in [6.07, 6.45) is 1.51. The predicted molar refractivity (Wildman–Crippen MR) is 245 cm³/mol. The van der Waals surface area contributed by atoms with Gasteiger partial charge in [0.2, 0.25) is 4.91 Å². The molecule has 23 heteroatoms. The van der Waals surface area contributed by atoms with Gasteiger partial charge in [-0.05, 0) is 82.1 Å². The molecule has 0 radical (unpaired) electrons. The van der Waals surface area contributed by atoms with Gasteiger partial charge in [-0.1, -0.05) is 26.0 Å². The average molecular weight is 955 g/mol. The molecule has 4 aromatic rings. The maximum absolute atomic E-state index is 12.2. The molecule has 2 aromatic carbocycles. The number of sulfonamides is 2. The summed E-state index contributed by atoms with van der Waals surface area (Å²) in [5.41, 5.74) is 5.35. The number of anilines is 2. The van der Waals surface area contributed by atoms with E-state index in [2.05, 4.69) is 25.1 Å². The number of phenols is 2. The molecule has 356 valence electrons. The van der Waals surface area contributed by atoms with Gasteiger partial charge in [-0.15, -0.1) is 0 Å². The molecule has 2 atom stereocenters. The van der Waals surface area contributed by atoms with E-state index in [1.807, 2.05) is 45.9 Å². The molecule has 0 spiro atoms. The lowest BCUT2D eigenvalue weighted by Gasteiger charge is -2.16. The van der Waals surface area contributed by atoms with Crippen molar-refractivity contribution in [3.05, 3.63) is 117 Å². The van der Waals surface area contributed by atoms with Gasteiger partial charge >= 0.3 is 5.97 Å². The normalized spacial score (nSPS) is 16.0. The highest BCUT2D eigenvalue weighted by Crippen LogP contribution is 2.33. The van der Waals surface area contributed by atoms with E-state index in [4.69, 9.17) is 14.6 Å². The molecule has 6 rings (SSSR count). The summed E-state index contributed by atoms with van der Waals surface area (Å²) in [4.78, 5) is 54.4. The Morgan fingerprint density at radius 2 is 1.29 bits per heavy atom. The summed E-state index contributed by atoms with van der Waals surface area (Å²) in [7, 11) is -2.02. The van der Waals surface area contributed by atoms with Gasteiger partial charge in [0.1, 0.15) is 34.8 Å². The fourth-order valence-corrected chi connectivity index (χ4v) is 8.10. The van der Waals surface area contributed by atoms with Crippen molar-refractivity contribution in [3.63, 3.8) is 0 Å². The largest absolute Gasteiger partial charge is 0.505 e. The Balaban J connectivity index is 0.000000240. The zero-order chi connectivity index (χ0) is 49.3. The number of esters is 1. The van der Waals surface area contributed by atoms with Gasteiger partial charge in [-0.25, -0.2) is 26.4 Å². The third-order valence-corrected chi connectivity index (χ3v) is 11.8. The van der Waals surface area contributed by atoms with Gasteiger partial charge in [0.05, 0.1) is 46.3 Å². The van der Waals surface area contributed by atoms with Gasteiger partial charge in [-0.3, -0.25) is 24.1 Å². The molecule has 3 amide bonds. The number of aromatic hydroxyl groups is 2.